The van der Waals surface area contributed by atoms with Gasteiger partial charge in [0.1, 0.15) is 12.4 Å². The fraction of sp³-hybridized carbons (Fsp3) is 0.273. The van der Waals surface area contributed by atoms with Crippen molar-refractivity contribution in [2.45, 2.75) is 12.6 Å². The van der Waals surface area contributed by atoms with Gasteiger partial charge in [-0.25, -0.2) is 0 Å². The van der Waals surface area contributed by atoms with E-state index < -0.39 is 12.6 Å². The molecule has 5 nitrogen and oxygen atoms in total. The summed E-state index contributed by atoms with van der Waals surface area (Å²) in [4.78, 5) is 0. The summed E-state index contributed by atoms with van der Waals surface area (Å²) in [5.41, 5.74) is 0.0255. The predicted octanol–water partition coefficient (Wildman–Crippen LogP) is 0.218. The van der Waals surface area contributed by atoms with Crippen molar-refractivity contribution < 1.29 is 25.2 Å². The van der Waals surface area contributed by atoms with Crippen LogP contribution in [0.15, 0.2) is 30.9 Å². The number of hydrogen-bond donors (Lipinski definition) is 4. The van der Waals surface area contributed by atoms with Crippen molar-refractivity contribution in [3.05, 3.63) is 42.0 Å². The minimum Gasteiger partial charge on any atom is -0.490 e. The van der Waals surface area contributed by atoms with Gasteiger partial charge in [0.05, 0.1) is 0 Å². The Bertz CT molecular complexity index is 359. The number of hydrogen-bond acceptors (Lipinski definition) is 5. The molecule has 0 spiro atoms. The zero-order chi connectivity index (χ0) is 12.1. The zero-order valence-corrected chi connectivity index (χ0v) is 8.58. The van der Waals surface area contributed by atoms with Crippen LogP contribution in [0.2, 0.25) is 0 Å². The van der Waals surface area contributed by atoms with Crippen molar-refractivity contribution in [3.63, 3.8) is 0 Å². The number of aliphatic hydroxyl groups is 4. The van der Waals surface area contributed by atoms with Crippen molar-refractivity contribution in [1.29, 1.82) is 0 Å². The van der Waals surface area contributed by atoms with Gasteiger partial charge >= 0.3 is 0 Å². The molecule has 0 aliphatic heterocycles. The van der Waals surface area contributed by atoms with Crippen molar-refractivity contribution in [2.75, 3.05) is 6.61 Å². The first-order valence-electron chi connectivity index (χ1n) is 4.66. The molecule has 1 rings (SSSR count). The first-order chi connectivity index (χ1) is 7.56. The summed E-state index contributed by atoms with van der Waals surface area (Å²) in [5, 5.41) is 36.1. The van der Waals surface area contributed by atoms with Crippen molar-refractivity contribution in [3.8, 4) is 5.75 Å². The monoisotopic (exact) mass is 226 g/mol. The Labute approximate surface area is 92.9 Å². The van der Waals surface area contributed by atoms with Crippen molar-refractivity contribution in [2.24, 2.45) is 0 Å². The van der Waals surface area contributed by atoms with Crippen LogP contribution in [-0.2, 0) is 0 Å². The molecule has 0 saturated heterocycles. The maximum absolute atomic E-state index is 9.06. The largest absolute Gasteiger partial charge is 0.490 e. The summed E-state index contributed by atoms with van der Waals surface area (Å²) in [6.45, 7) is 3.76. The van der Waals surface area contributed by atoms with Gasteiger partial charge in [-0.2, -0.15) is 0 Å². The third-order valence-electron chi connectivity index (χ3n) is 1.98. The SMILES string of the molecule is C=CCOc1ccc(C(O)O)c(C(O)O)c1. The summed E-state index contributed by atoms with van der Waals surface area (Å²) in [6.07, 6.45) is -2.00. The summed E-state index contributed by atoms with van der Waals surface area (Å²) < 4.78 is 5.18. The quantitative estimate of drug-likeness (QED) is 0.426. The normalized spacial score (nSPS) is 10.9. The minimum absolute atomic E-state index is 0.00318. The molecule has 0 fully saturated rings. The molecule has 0 atom stereocenters. The molecule has 0 aliphatic carbocycles. The first kappa shape index (κ1) is 12.7. The van der Waals surface area contributed by atoms with Gasteiger partial charge in [0.15, 0.2) is 12.6 Å². The predicted molar refractivity (Wildman–Crippen MR) is 56.5 cm³/mol. The van der Waals surface area contributed by atoms with Gasteiger partial charge in [-0.3, -0.25) is 0 Å². The molecule has 4 N–H and O–H groups in total. The van der Waals surface area contributed by atoms with Crippen LogP contribution in [0.25, 0.3) is 0 Å². The topological polar surface area (TPSA) is 90.2 Å². The molecule has 0 aliphatic rings. The van der Waals surface area contributed by atoms with Crippen LogP contribution < -0.4 is 4.74 Å². The molecule has 16 heavy (non-hydrogen) atoms. The Kier molecular flexibility index (Phi) is 4.45. The average Bonchev–Trinajstić information content (AvgIpc) is 2.25. The van der Waals surface area contributed by atoms with Gasteiger partial charge in [0.25, 0.3) is 0 Å². The maximum Gasteiger partial charge on any atom is 0.179 e. The Balaban J connectivity index is 3.02. The lowest BCUT2D eigenvalue weighted by molar-refractivity contribution is -0.0635. The zero-order valence-electron chi connectivity index (χ0n) is 8.58. The second-order valence-electron chi connectivity index (χ2n) is 3.14. The van der Waals surface area contributed by atoms with Gasteiger partial charge in [-0.15, -0.1) is 0 Å². The Hall–Kier alpha value is -1.40. The van der Waals surface area contributed by atoms with E-state index in [1.165, 1.54) is 18.2 Å². The molecule has 0 amide bonds. The van der Waals surface area contributed by atoms with Crippen LogP contribution in [0.5, 0.6) is 5.75 Å². The van der Waals surface area contributed by atoms with Crippen molar-refractivity contribution in [1.82, 2.24) is 0 Å². The van der Waals surface area contributed by atoms with E-state index in [1.54, 1.807) is 6.08 Å². The number of aliphatic hydroxyl groups excluding tert-OH is 2. The van der Waals surface area contributed by atoms with E-state index in [1.807, 2.05) is 0 Å². The van der Waals surface area contributed by atoms with Crippen molar-refractivity contribution >= 4 is 0 Å². The van der Waals surface area contributed by atoms with Gasteiger partial charge < -0.3 is 25.2 Å². The molecule has 1 aromatic carbocycles. The molecule has 0 heterocycles. The molecular weight excluding hydrogens is 212 g/mol. The Morgan fingerprint density at radius 2 is 1.75 bits per heavy atom. The highest BCUT2D eigenvalue weighted by molar-refractivity contribution is 5.37. The van der Waals surface area contributed by atoms with Gasteiger partial charge in [-0.05, 0) is 18.2 Å². The maximum atomic E-state index is 9.06. The lowest BCUT2D eigenvalue weighted by Crippen LogP contribution is -2.06. The third kappa shape index (κ3) is 3.04. The van der Waals surface area contributed by atoms with Gasteiger partial charge in [-0.1, -0.05) is 12.7 Å². The molecule has 88 valence electrons. The smallest absolute Gasteiger partial charge is 0.179 e. The highest BCUT2D eigenvalue weighted by Gasteiger charge is 2.15. The molecule has 0 bridgehead atoms. The second kappa shape index (κ2) is 5.62. The molecule has 0 unspecified atom stereocenters. The number of benzene rings is 1. The van der Waals surface area contributed by atoms with Crippen LogP contribution in [0.1, 0.15) is 23.7 Å². The second-order valence-corrected chi connectivity index (χ2v) is 3.14. The lowest BCUT2D eigenvalue weighted by Gasteiger charge is -2.14. The molecular formula is C11H14O5. The van der Waals surface area contributed by atoms with Crippen LogP contribution in [0.3, 0.4) is 0 Å². The van der Waals surface area contributed by atoms with Crippen LogP contribution in [0, 0.1) is 0 Å². The number of rotatable bonds is 5. The van der Waals surface area contributed by atoms with Gasteiger partial charge in [0, 0.05) is 11.1 Å². The van der Waals surface area contributed by atoms with E-state index >= 15 is 0 Å². The minimum atomic E-state index is -1.79. The van der Waals surface area contributed by atoms with E-state index in [0.29, 0.717) is 5.75 Å². The van der Waals surface area contributed by atoms with E-state index in [9.17, 15) is 0 Å². The fourth-order valence-corrected chi connectivity index (χ4v) is 1.26. The van der Waals surface area contributed by atoms with Crippen LogP contribution in [0.4, 0.5) is 0 Å². The summed E-state index contributed by atoms with van der Waals surface area (Å²) in [6, 6.07) is 4.20. The summed E-state index contributed by atoms with van der Waals surface area (Å²) in [7, 11) is 0. The first-order valence-corrected chi connectivity index (χ1v) is 4.66. The summed E-state index contributed by atoms with van der Waals surface area (Å²) >= 11 is 0. The van der Waals surface area contributed by atoms with Crippen LogP contribution >= 0.6 is 0 Å². The molecule has 0 radical (unpaired) electrons. The van der Waals surface area contributed by atoms with E-state index in [0.717, 1.165) is 0 Å². The highest BCUT2D eigenvalue weighted by Crippen LogP contribution is 2.26. The van der Waals surface area contributed by atoms with E-state index in [4.69, 9.17) is 25.2 Å². The van der Waals surface area contributed by atoms with Crippen LogP contribution in [-0.4, -0.2) is 27.0 Å². The molecule has 0 aromatic heterocycles. The van der Waals surface area contributed by atoms with E-state index in [2.05, 4.69) is 6.58 Å². The lowest BCUT2D eigenvalue weighted by atomic mass is 10.1. The Morgan fingerprint density at radius 1 is 1.12 bits per heavy atom. The average molecular weight is 226 g/mol. The van der Waals surface area contributed by atoms with Gasteiger partial charge in [0.2, 0.25) is 0 Å². The Morgan fingerprint density at radius 3 is 2.25 bits per heavy atom. The highest BCUT2D eigenvalue weighted by atomic mass is 16.5. The third-order valence-corrected chi connectivity index (χ3v) is 1.98. The molecule has 0 saturated carbocycles. The molecule has 5 heteroatoms. The number of ether oxygens (including phenoxy) is 1. The fourth-order valence-electron chi connectivity index (χ4n) is 1.26. The standard InChI is InChI=1S/C11H14O5/c1-2-5-16-7-3-4-8(10(12)13)9(6-7)11(14)15/h2-4,6,10-15H,1,5H2. The summed E-state index contributed by atoms with van der Waals surface area (Å²) in [5.74, 6) is 0.396. The van der Waals surface area contributed by atoms with E-state index in [-0.39, 0.29) is 17.7 Å². The molecule has 1 aromatic rings.